The van der Waals surface area contributed by atoms with Crippen molar-refractivity contribution in [1.82, 2.24) is 15.3 Å². The highest BCUT2D eigenvalue weighted by Crippen LogP contribution is 2.25. The highest BCUT2D eigenvalue weighted by molar-refractivity contribution is 6.42. The smallest absolute Gasteiger partial charge is 0.165 e. The van der Waals surface area contributed by atoms with Gasteiger partial charge in [0.25, 0.3) is 0 Å². The highest BCUT2D eigenvalue weighted by atomic mass is 35.5. The SMILES string of the molecule is COc1cc(NCCCNCc2ccc(Cl)c(Cl)c2)nc2ncccc12. The van der Waals surface area contributed by atoms with Crippen LogP contribution in [0.3, 0.4) is 0 Å². The van der Waals surface area contributed by atoms with Gasteiger partial charge in [-0.05, 0) is 42.8 Å². The van der Waals surface area contributed by atoms with Gasteiger partial charge in [-0.2, -0.15) is 0 Å². The molecule has 3 aromatic rings. The summed E-state index contributed by atoms with van der Waals surface area (Å²) in [4.78, 5) is 8.81. The normalized spacial score (nSPS) is 10.9. The second-order valence-corrected chi connectivity index (χ2v) is 6.60. The van der Waals surface area contributed by atoms with Crippen LogP contribution in [0, 0.1) is 0 Å². The lowest BCUT2D eigenvalue weighted by molar-refractivity contribution is 0.419. The van der Waals surface area contributed by atoms with Gasteiger partial charge in [-0.15, -0.1) is 0 Å². The van der Waals surface area contributed by atoms with Gasteiger partial charge in [0.1, 0.15) is 11.6 Å². The Morgan fingerprint density at radius 3 is 2.77 bits per heavy atom. The fourth-order valence-electron chi connectivity index (χ4n) is 2.60. The zero-order valence-corrected chi connectivity index (χ0v) is 15.9. The minimum atomic E-state index is 0.576. The van der Waals surface area contributed by atoms with E-state index in [1.54, 1.807) is 13.3 Å². The van der Waals surface area contributed by atoms with Crippen molar-refractivity contribution in [2.24, 2.45) is 0 Å². The molecular formula is C19H20Cl2N4O. The Labute approximate surface area is 162 Å². The topological polar surface area (TPSA) is 59.1 Å². The van der Waals surface area contributed by atoms with Crippen molar-refractivity contribution in [2.75, 3.05) is 25.5 Å². The summed E-state index contributed by atoms with van der Waals surface area (Å²) in [6.07, 6.45) is 2.68. The number of pyridine rings is 2. The van der Waals surface area contributed by atoms with Crippen LogP contribution in [0.25, 0.3) is 11.0 Å². The largest absolute Gasteiger partial charge is 0.496 e. The van der Waals surface area contributed by atoms with Crippen molar-refractivity contribution in [3.8, 4) is 5.75 Å². The van der Waals surface area contributed by atoms with Crippen molar-refractivity contribution < 1.29 is 4.74 Å². The number of ether oxygens (including phenoxy) is 1. The van der Waals surface area contributed by atoms with Crippen LogP contribution >= 0.6 is 23.2 Å². The summed E-state index contributed by atoms with van der Waals surface area (Å²) >= 11 is 11.9. The summed E-state index contributed by atoms with van der Waals surface area (Å²) in [5.41, 5.74) is 1.78. The van der Waals surface area contributed by atoms with E-state index in [1.807, 2.05) is 36.4 Å². The second kappa shape index (κ2) is 9.03. The Balaban J connectivity index is 1.46. The zero-order chi connectivity index (χ0) is 18.4. The first-order chi connectivity index (χ1) is 12.7. The molecule has 0 saturated heterocycles. The number of methoxy groups -OCH3 is 1. The summed E-state index contributed by atoms with van der Waals surface area (Å²) < 4.78 is 5.43. The Morgan fingerprint density at radius 2 is 1.96 bits per heavy atom. The fraction of sp³-hybridized carbons (Fsp3) is 0.263. The van der Waals surface area contributed by atoms with Gasteiger partial charge >= 0.3 is 0 Å². The van der Waals surface area contributed by atoms with E-state index < -0.39 is 0 Å². The maximum atomic E-state index is 6.02. The van der Waals surface area contributed by atoms with Crippen LogP contribution in [0.4, 0.5) is 5.82 Å². The molecule has 3 rings (SSSR count). The predicted molar refractivity (Wildman–Crippen MR) is 107 cm³/mol. The van der Waals surface area contributed by atoms with Gasteiger partial charge in [0.2, 0.25) is 0 Å². The third-order valence-corrected chi connectivity index (χ3v) is 4.65. The molecule has 7 heteroatoms. The van der Waals surface area contributed by atoms with Crippen molar-refractivity contribution in [3.05, 3.63) is 58.2 Å². The number of halogens is 2. The van der Waals surface area contributed by atoms with E-state index in [0.29, 0.717) is 15.7 Å². The van der Waals surface area contributed by atoms with Crippen molar-refractivity contribution in [1.29, 1.82) is 0 Å². The van der Waals surface area contributed by atoms with E-state index in [1.165, 1.54) is 0 Å². The van der Waals surface area contributed by atoms with Crippen LogP contribution in [-0.2, 0) is 6.54 Å². The predicted octanol–water partition coefficient (Wildman–Crippen LogP) is 4.54. The van der Waals surface area contributed by atoms with E-state index in [0.717, 1.165) is 48.6 Å². The molecule has 0 amide bonds. The number of rotatable bonds is 8. The summed E-state index contributed by atoms with van der Waals surface area (Å²) in [6.45, 7) is 2.42. The Hall–Kier alpha value is -2.08. The number of nitrogens with zero attached hydrogens (tertiary/aromatic N) is 2. The minimum absolute atomic E-state index is 0.576. The number of fused-ring (bicyclic) bond motifs is 1. The van der Waals surface area contributed by atoms with Crippen molar-refractivity contribution in [2.45, 2.75) is 13.0 Å². The molecule has 2 heterocycles. The lowest BCUT2D eigenvalue weighted by Gasteiger charge is -2.10. The molecular weight excluding hydrogens is 371 g/mol. The molecule has 5 nitrogen and oxygen atoms in total. The number of hydrogen-bond acceptors (Lipinski definition) is 5. The third-order valence-electron chi connectivity index (χ3n) is 3.92. The third kappa shape index (κ3) is 4.75. The number of aromatic nitrogens is 2. The molecule has 0 atom stereocenters. The van der Waals surface area contributed by atoms with Crippen LogP contribution in [0.15, 0.2) is 42.6 Å². The van der Waals surface area contributed by atoms with Crippen molar-refractivity contribution >= 4 is 40.1 Å². The van der Waals surface area contributed by atoms with Gasteiger partial charge in [0.15, 0.2) is 5.65 Å². The second-order valence-electron chi connectivity index (χ2n) is 5.79. The van der Waals surface area contributed by atoms with E-state index in [2.05, 4.69) is 20.6 Å². The minimum Gasteiger partial charge on any atom is -0.496 e. The van der Waals surface area contributed by atoms with Crippen LogP contribution < -0.4 is 15.4 Å². The maximum absolute atomic E-state index is 6.02. The quantitative estimate of drug-likeness (QED) is 0.553. The van der Waals surface area contributed by atoms with E-state index in [9.17, 15) is 0 Å². The summed E-state index contributed by atoms with van der Waals surface area (Å²) in [6, 6.07) is 11.4. The summed E-state index contributed by atoms with van der Waals surface area (Å²) in [5.74, 6) is 1.53. The first-order valence-corrected chi connectivity index (χ1v) is 9.11. The molecule has 0 fully saturated rings. The molecule has 2 N–H and O–H groups in total. The molecule has 0 bridgehead atoms. The monoisotopic (exact) mass is 390 g/mol. The van der Waals surface area contributed by atoms with Gasteiger partial charge in [-0.3, -0.25) is 0 Å². The molecule has 0 aliphatic heterocycles. The average Bonchev–Trinajstić information content (AvgIpc) is 2.66. The molecule has 136 valence electrons. The molecule has 0 radical (unpaired) electrons. The fourth-order valence-corrected chi connectivity index (χ4v) is 2.92. The number of nitrogens with one attached hydrogen (secondary N) is 2. The van der Waals surface area contributed by atoms with E-state index in [4.69, 9.17) is 27.9 Å². The molecule has 0 saturated carbocycles. The van der Waals surface area contributed by atoms with Crippen LogP contribution in [0.5, 0.6) is 5.75 Å². The molecule has 0 spiro atoms. The van der Waals surface area contributed by atoms with E-state index in [-0.39, 0.29) is 0 Å². The van der Waals surface area contributed by atoms with E-state index >= 15 is 0 Å². The van der Waals surface area contributed by atoms with Gasteiger partial charge in [-0.25, -0.2) is 9.97 Å². The lowest BCUT2D eigenvalue weighted by atomic mass is 10.2. The van der Waals surface area contributed by atoms with Gasteiger partial charge < -0.3 is 15.4 Å². The highest BCUT2D eigenvalue weighted by Gasteiger charge is 2.06. The summed E-state index contributed by atoms with van der Waals surface area (Å²) in [5, 5.41) is 8.77. The molecule has 1 aromatic carbocycles. The van der Waals surface area contributed by atoms with Crippen LogP contribution in [-0.4, -0.2) is 30.2 Å². The number of benzene rings is 1. The molecule has 26 heavy (non-hydrogen) atoms. The zero-order valence-electron chi connectivity index (χ0n) is 14.4. The molecule has 0 aliphatic rings. The number of hydrogen-bond donors (Lipinski definition) is 2. The van der Waals surface area contributed by atoms with Crippen molar-refractivity contribution in [3.63, 3.8) is 0 Å². The first-order valence-electron chi connectivity index (χ1n) is 8.35. The first kappa shape index (κ1) is 18.7. The van der Waals surface area contributed by atoms with Crippen LogP contribution in [0.1, 0.15) is 12.0 Å². The van der Waals surface area contributed by atoms with Gasteiger partial charge in [0.05, 0.1) is 22.5 Å². The lowest BCUT2D eigenvalue weighted by Crippen LogP contribution is -2.18. The Kier molecular flexibility index (Phi) is 6.50. The standard InChI is InChI=1S/C19H20Cl2N4O/c1-26-17-11-18(25-19-14(17)4-2-8-24-19)23-9-3-7-22-12-13-5-6-15(20)16(21)10-13/h2,4-6,8,10-11,22H,3,7,9,12H2,1H3,(H,23,24,25). The van der Waals surface area contributed by atoms with Gasteiger partial charge in [0, 0.05) is 25.4 Å². The average molecular weight is 391 g/mol. The maximum Gasteiger partial charge on any atom is 0.165 e. The Morgan fingerprint density at radius 1 is 1.08 bits per heavy atom. The number of anilines is 1. The van der Waals surface area contributed by atoms with Crippen LogP contribution in [0.2, 0.25) is 10.0 Å². The summed E-state index contributed by atoms with van der Waals surface area (Å²) in [7, 11) is 1.65. The molecule has 2 aromatic heterocycles. The molecule has 0 aliphatic carbocycles. The Bertz CT molecular complexity index is 889. The van der Waals surface area contributed by atoms with Gasteiger partial charge in [-0.1, -0.05) is 29.3 Å². The molecule has 0 unspecified atom stereocenters.